The van der Waals surface area contributed by atoms with Gasteiger partial charge in [-0.15, -0.1) is 0 Å². The zero-order valence-corrected chi connectivity index (χ0v) is 15.4. The molecule has 0 radical (unpaired) electrons. The number of carbonyl (C=O) groups is 3. The third-order valence-corrected chi connectivity index (χ3v) is 5.08. The van der Waals surface area contributed by atoms with E-state index in [4.69, 9.17) is 0 Å². The van der Waals surface area contributed by atoms with Crippen LogP contribution in [0.3, 0.4) is 0 Å². The molecule has 0 aromatic heterocycles. The molecular formula is C23H20N2O3. The Kier molecular flexibility index (Phi) is 4.89. The van der Waals surface area contributed by atoms with E-state index in [0.717, 1.165) is 10.8 Å². The first-order valence-electron chi connectivity index (χ1n) is 9.30. The number of hydrogen-bond donors (Lipinski definition) is 0. The van der Waals surface area contributed by atoms with E-state index in [0.29, 0.717) is 37.3 Å². The molecule has 1 aliphatic rings. The minimum absolute atomic E-state index is 0.0476. The molecule has 4 rings (SSSR count). The smallest absolute Gasteiger partial charge is 0.295 e. The van der Waals surface area contributed by atoms with Crippen LogP contribution in [-0.4, -0.2) is 53.6 Å². The second-order valence-electron chi connectivity index (χ2n) is 6.84. The summed E-state index contributed by atoms with van der Waals surface area (Å²) in [5.41, 5.74) is 1.03. The maximum absolute atomic E-state index is 12.7. The maximum Gasteiger partial charge on any atom is 0.295 e. The second-order valence-corrected chi connectivity index (χ2v) is 6.84. The predicted molar refractivity (Wildman–Crippen MR) is 107 cm³/mol. The van der Waals surface area contributed by atoms with Gasteiger partial charge < -0.3 is 9.80 Å². The van der Waals surface area contributed by atoms with Crippen molar-refractivity contribution >= 4 is 28.4 Å². The van der Waals surface area contributed by atoms with E-state index in [1.165, 1.54) is 4.90 Å². The van der Waals surface area contributed by atoms with E-state index < -0.39 is 11.7 Å². The van der Waals surface area contributed by atoms with Crippen molar-refractivity contribution in [1.82, 2.24) is 9.80 Å². The minimum atomic E-state index is -0.512. The first-order valence-corrected chi connectivity index (χ1v) is 9.30. The lowest BCUT2D eigenvalue weighted by molar-refractivity contribution is -0.127. The number of rotatable bonds is 3. The van der Waals surface area contributed by atoms with Gasteiger partial charge in [-0.2, -0.15) is 0 Å². The zero-order chi connectivity index (χ0) is 19.5. The molecule has 2 amide bonds. The number of piperazine rings is 1. The van der Waals surface area contributed by atoms with Crippen molar-refractivity contribution in [3.63, 3.8) is 0 Å². The average molecular weight is 372 g/mol. The Labute approximate surface area is 163 Å². The molecule has 1 saturated heterocycles. The predicted octanol–water partition coefficient (Wildman–Crippen LogP) is 3.01. The number of ketones is 1. The van der Waals surface area contributed by atoms with Crippen LogP contribution in [0.2, 0.25) is 0 Å². The van der Waals surface area contributed by atoms with Crippen LogP contribution in [0.25, 0.3) is 10.8 Å². The lowest BCUT2D eigenvalue weighted by Gasteiger charge is -2.34. The summed E-state index contributed by atoms with van der Waals surface area (Å²) in [4.78, 5) is 41.1. The van der Waals surface area contributed by atoms with Gasteiger partial charge in [0, 0.05) is 37.3 Å². The van der Waals surface area contributed by atoms with Gasteiger partial charge in [-0.25, -0.2) is 0 Å². The molecule has 3 aromatic rings. The van der Waals surface area contributed by atoms with Gasteiger partial charge in [-0.05, 0) is 29.0 Å². The highest BCUT2D eigenvalue weighted by Gasteiger charge is 2.28. The number of nitrogens with zero attached hydrogens (tertiary/aromatic N) is 2. The standard InChI is InChI=1S/C23H20N2O3/c26-21(20-11-10-17-6-4-5-9-19(17)16-20)23(28)25-14-12-24(13-15-25)22(27)18-7-2-1-3-8-18/h1-11,16H,12-15H2. The molecule has 1 aliphatic heterocycles. The van der Waals surface area contributed by atoms with Gasteiger partial charge in [0.25, 0.3) is 11.8 Å². The minimum Gasteiger partial charge on any atom is -0.335 e. The highest BCUT2D eigenvalue weighted by Crippen LogP contribution is 2.17. The lowest BCUT2D eigenvalue weighted by atomic mass is 10.0. The molecule has 1 heterocycles. The molecule has 0 saturated carbocycles. The Hall–Kier alpha value is -3.47. The van der Waals surface area contributed by atoms with Crippen molar-refractivity contribution in [2.45, 2.75) is 0 Å². The van der Waals surface area contributed by atoms with E-state index in [2.05, 4.69) is 0 Å². The molecule has 0 unspecified atom stereocenters. The van der Waals surface area contributed by atoms with E-state index >= 15 is 0 Å². The Morgan fingerprint density at radius 3 is 1.93 bits per heavy atom. The van der Waals surface area contributed by atoms with Crippen LogP contribution < -0.4 is 0 Å². The fourth-order valence-electron chi connectivity index (χ4n) is 3.47. The SMILES string of the molecule is O=C(C(=O)N1CCN(C(=O)c2ccccc2)CC1)c1ccc2ccccc2c1. The summed E-state index contributed by atoms with van der Waals surface area (Å²) in [6.45, 7) is 1.56. The quantitative estimate of drug-likeness (QED) is 0.525. The summed E-state index contributed by atoms with van der Waals surface area (Å²) >= 11 is 0. The van der Waals surface area contributed by atoms with Crippen LogP contribution in [0.5, 0.6) is 0 Å². The summed E-state index contributed by atoms with van der Waals surface area (Å²) in [7, 11) is 0. The molecule has 5 heteroatoms. The van der Waals surface area contributed by atoms with Crippen molar-refractivity contribution in [3.8, 4) is 0 Å². The first kappa shape index (κ1) is 17.9. The Bertz CT molecular complexity index is 1040. The van der Waals surface area contributed by atoms with Gasteiger partial charge in [0.1, 0.15) is 0 Å². The molecule has 0 spiro atoms. The van der Waals surface area contributed by atoms with Crippen LogP contribution in [0.15, 0.2) is 72.8 Å². The highest BCUT2D eigenvalue weighted by molar-refractivity contribution is 6.43. The number of benzene rings is 3. The molecule has 5 nitrogen and oxygen atoms in total. The Morgan fingerprint density at radius 1 is 0.607 bits per heavy atom. The molecular weight excluding hydrogens is 352 g/mol. The molecule has 28 heavy (non-hydrogen) atoms. The van der Waals surface area contributed by atoms with Crippen LogP contribution in [-0.2, 0) is 4.79 Å². The summed E-state index contributed by atoms with van der Waals surface area (Å²) in [6, 6.07) is 22.1. The number of hydrogen-bond acceptors (Lipinski definition) is 3. The van der Waals surface area contributed by atoms with Gasteiger partial charge in [0.15, 0.2) is 0 Å². The molecule has 0 atom stereocenters. The van der Waals surface area contributed by atoms with Crippen LogP contribution >= 0.6 is 0 Å². The van der Waals surface area contributed by atoms with Crippen molar-refractivity contribution < 1.29 is 14.4 Å². The average Bonchev–Trinajstić information content (AvgIpc) is 2.78. The molecule has 140 valence electrons. The van der Waals surface area contributed by atoms with Crippen LogP contribution in [0, 0.1) is 0 Å². The van der Waals surface area contributed by atoms with Gasteiger partial charge in [0.2, 0.25) is 5.78 Å². The van der Waals surface area contributed by atoms with Crippen molar-refractivity contribution in [3.05, 3.63) is 83.9 Å². The number of Topliss-reactive ketones (excluding diaryl/α,β-unsaturated/α-hetero) is 1. The van der Waals surface area contributed by atoms with Gasteiger partial charge in [-0.3, -0.25) is 14.4 Å². The Morgan fingerprint density at radius 2 is 1.21 bits per heavy atom. The molecule has 1 fully saturated rings. The third-order valence-electron chi connectivity index (χ3n) is 5.08. The third kappa shape index (κ3) is 3.51. The van der Waals surface area contributed by atoms with Gasteiger partial charge >= 0.3 is 0 Å². The van der Waals surface area contributed by atoms with Crippen molar-refractivity contribution in [2.75, 3.05) is 26.2 Å². The Balaban J connectivity index is 1.41. The van der Waals surface area contributed by atoms with Crippen LogP contribution in [0.4, 0.5) is 0 Å². The number of amides is 2. The number of carbonyl (C=O) groups excluding carboxylic acids is 3. The number of fused-ring (bicyclic) bond motifs is 1. The van der Waals surface area contributed by atoms with E-state index in [-0.39, 0.29) is 5.91 Å². The van der Waals surface area contributed by atoms with Crippen molar-refractivity contribution in [2.24, 2.45) is 0 Å². The van der Waals surface area contributed by atoms with Gasteiger partial charge in [0.05, 0.1) is 0 Å². The molecule has 0 aliphatic carbocycles. The summed E-state index contributed by atoms with van der Waals surface area (Å²) in [6.07, 6.45) is 0. The monoisotopic (exact) mass is 372 g/mol. The lowest BCUT2D eigenvalue weighted by Crippen LogP contribution is -2.52. The highest BCUT2D eigenvalue weighted by atomic mass is 16.2. The summed E-state index contributed by atoms with van der Waals surface area (Å²) in [5, 5.41) is 1.96. The fraction of sp³-hybridized carbons (Fsp3) is 0.174. The van der Waals surface area contributed by atoms with E-state index in [1.807, 2.05) is 48.5 Å². The summed E-state index contributed by atoms with van der Waals surface area (Å²) in [5.74, 6) is -1.07. The normalized spacial score (nSPS) is 14.1. The van der Waals surface area contributed by atoms with Crippen molar-refractivity contribution in [1.29, 1.82) is 0 Å². The first-order chi connectivity index (χ1) is 13.6. The van der Waals surface area contributed by atoms with Crippen LogP contribution in [0.1, 0.15) is 20.7 Å². The molecule has 3 aromatic carbocycles. The van der Waals surface area contributed by atoms with Gasteiger partial charge in [-0.1, -0.05) is 54.6 Å². The van der Waals surface area contributed by atoms with E-state index in [9.17, 15) is 14.4 Å². The second kappa shape index (κ2) is 7.64. The fourth-order valence-corrected chi connectivity index (χ4v) is 3.47. The largest absolute Gasteiger partial charge is 0.335 e. The van der Waals surface area contributed by atoms with E-state index in [1.54, 1.807) is 29.2 Å². The topological polar surface area (TPSA) is 57.7 Å². The molecule has 0 bridgehead atoms. The molecule has 0 N–H and O–H groups in total. The maximum atomic E-state index is 12.7. The summed E-state index contributed by atoms with van der Waals surface area (Å²) < 4.78 is 0. The zero-order valence-electron chi connectivity index (χ0n) is 15.4.